The smallest absolute Gasteiger partial charge is 0.301 e. The van der Waals surface area contributed by atoms with Crippen LogP contribution in [0, 0.1) is 43.9 Å². The molecule has 2 heterocycles. The zero-order valence-electron chi connectivity index (χ0n) is 34.2. The minimum atomic E-state index is -1.79. The number of carbonyl (C=O) groups excluding carboxylic acids is 4. The van der Waals surface area contributed by atoms with Crippen LogP contribution in [0.5, 0.6) is 23.0 Å². The number of nitrogens with zero attached hydrogens (tertiary/aromatic N) is 5. The van der Waals surface area contributed by atoms with Crippen molar-refractivity contribution in [3.8, 4) is 23.0 Å². The van der Waals surface area contributed by atoms with Crippen LogP contribution < -0.4 is 29.4 Å². The molecule has 2 N–H and O–H groups in total. The van der Waals surface area contributed by atoms with Gasteiger partial charge in [0.15, 0.2) is 17.2 Å². The Labute approximate surface area is 368 Å². The SMILES string of the molecule is COc1ccc(C23C(=O)N(Nc4ccc(Cl)cc4Cl)C(=O)C2CC2C(=CCC4C(=O)N(c5cc([N+](=O)[O-])c(N(C)C)c([N+](=O)[O-])c5)C(=O)C42)C3c2cc(OC)c(O)c(OC)c2)cc1. The number of rotatable bonds is 11. The Hall–Kier alpha value is -6.92. The summed E-state index contributed by atoms with van der Waals surface area (Å²) in [4.78, 5) is 85.1. The standard InChI is InChI=1S/C43H38Cl2N6O12/c1-47(2)37-31(50(57)58)17-23(18-32(37)51(59)60)48-39(53)26-12-11-25-27(35(26)41(48)55)19-28-40(54)49(46-30-13-8-22(44)16-29(30)45)42(56)43(28,21-6-9-24(61-3)10-7-21)36(25)20-14-33(62-4)38(52)34(15-20)63-5/h6-11,13-18,26-28,35-36,46,52H,12,19H2,1-5H3. The van der Waals surface area contributed by atoms with E-state index in [0.717, 1.165) is 22.0 Å². The van der Waals surface area contributed by atoms with Gasteiger partial charge in [0.25, 0.3) is 11.8 Å². The van der Waals surface area contributed by atoms with Crippen LogP contribution in [0.4, 0.5) is 28.4 Å². The number of allylic oxidation sites excluding steroid dienone is 2. The Morgan fingerprint density at radius 3 is 1.98 bits per heavy atom. The number of phenols is 1. The molecule has 2 aliphatic heterocycles. The van der Waals surface area contributed by atoms with Crippen LogP contribution in [-0.2, 0) is 24.6 Å². The van der Waals surface area contributed by atoms with E-state index in [-0.39, 0.29) is 52.2 Å². The minimum Gasteiger partial charge on any atom is -0.502 e. The Bertz CT molecular complexity index is 2630. The summed E-state index contributed by atoms with van der Waals surface area (Å²) >= 11 is 12.7. The lowest BCUT2D eigenvalue weighted by molar-refractivity contribution is -0.392. The summed E-state index contributed by atoms with van der Waals surface area (Å²) in [5.41, 5.74) is 0.484. The molecule has 6 unspecified atom stereocenters. The van der Waals surface area contributed by atoms with Gasteiger partial charge in [-0.1, -0.05) is 47.0 Å². The third-order valence-electron chi connectivity index (χ3n) is 12.6. The lowest BCUT2D eigenvalue weighted by Gasteiger charge is -2.50. The zero-order valence-corrected chi connectivity index (χ0v) is 35.7. The summed E-state index contributed by atoms with van der Waals surface area (Å²) in [7, 11) is 6.92. The van der Waals surface area contributed by atoms with Crippen molar-refractivity contribution in [2.45, 2.75) is 24.2 Å². The lowest BCUT2D eigenvalue weighted by Crippen LogP contribution is -2.53. The molecule has 0 spiro atoms. The number of fused-ring (bicyclic) bond motifs is 4. The molecule has 4 aliphatic rings. The Kier molecular flexibility index (Phi) is 10.7. The van der Waals surface area contributed by atoms with Gasteiger partial charge in [0.05, 0.1) is 70.7 Å². The molecule has 4 amide bonds. The van der Waals surface area contributed by atoms with E-state index in [1.807, 2.05) is 0 Å². The first-order chi connectivity index (χ1) is 30.0. The van der Waals surface area contributed by atoms with E-state index in [1.165, 1.54) is 70.7 Å². The number of hydrogen-bond acceptors (Lipinski definition) is 14. The maximum absolute atomic E-state index is 15.6. The average Bonchev–Trinajstić information content (AvgIpc) is 3.64. The molecule has 0 aromatic heterocycles. The normalized spacial score (nSPS) is 23.7. The number of methoxy groups -OCH3 is 3. The molecule has 3 fully saturated rings. The molecule has 4 aromatic rings. The van der Waals surface area contributed by atoms with E-state index < -0.39 is 79.9 Å². The van der Waals surface area contributed by atoms with Crippen LogP contribution in [0.3, 0.4) is 0 Å². The van der Waals surface area contributed by atoms with Crippen LogP contribution >= 0.6 is 23.2 Å². The number of ether oxygens (including phenoxy) is 3. The van der Waals surface area contributed by atoms with Crippen LogP contribution in [0.15, 0.2) is 78.4 Å². The quantitative estimate of drug-likeness (QED) is 0.0684. The molecule has 1 saturated carbocycles. The van der Waals surface area contributed by atoms with Crippen molar-refractivity contribution in [1.29, 1.82) is 0 Å². The highest BCUT2D eigenvalue weighted by molar-refractivity contribution is 6.36. The molecule has 2 saturated heterocycles. The van der Waals surface area contributed by atoms with Crippen molar-refractivity contribution in [3.05, 3.63) is 120 Å². The van der Waals surface area contributed by atoms with E-state index in [4.69, 9.17) is 37.4 Å². The van der Waals surface area contributed by atoms with Gasteiger partial charge >= 0.3 is 11.4 Å². The van der Waals surface area contributed by atoms with E-state index >= 15 is 9.59 Å². The molecule has 63 heavy (non-hydrogen) atoms. The number of hydrazine groups is 1. The topological polar surface area (TPSA) is 224 Å². The molecule has 326 valence electrons. The van der Waals surface area contributed by atoms with Crippen LogP contribution in [-0.4, -0.2) is 79.0 Å². The predicted octanol–water partition coefficient (Wildman–Crippen LogP) is 6.80. The molecule has 2 aliphatic carbocycles. The average molecular weight is 902 g/mol. The van der Waals surface area contributed by atoms with E-state index in [9.17, 15) is 34.9 Å². The van der Waals surface area contributed by atoms with Crippen molar-refractivity contribution in [2.75, 3.05) is 50.7 Å². The van der Waals surface area contributed by atoms with Crippen molar-refractivity contribution in [3.63, 3.8) is 0 Å². The number of hydrogen-bond donors (Lipinski definition) is 2. The fourth-order valence-corrected chi connectivity index (χ4v) is 10.5. The molecule has 18 nitrogen and oxygen atoms in total. The second-order valence-corrected chi connectivity index (χ2v) is 16.6. The van der Waals surface area contributed by atoms with E-state index in [0.29, 0.717) is 27.5 Å². The first-order valence-corrected chi connectivity index (χ1v) is 20.2. The molecule has 8 rings (SSSR count). The third kappa shape index (κ3) is 6.45. The maximum Gasteiger partial charge on any atom is 0.301 e. The number of imide groups is 2. The monoisotopic (exact) mass is 900 g/mol. The van der Waals surface area contributed by atoms with Crippen molar-refractivity contribution >= 4 is 75.3 Å². The number of anilines is 3. The second-order valence-electron chi connectivity index (χ2n) is 15.7. The van der Waals surface area contributed by atoms with E-state index in [1.54, 1.807) is 30.3 Å². The molecule has 4 aromatic carbocycles. The highest BCUT2D eigenvalue weighted by atomic mass is 35.5. The highest BCUT2D eigenvalue weighted by Gasteiger charge is 2.70. The number of carbonyl (C=O) groups is 4. The fourth-order valence-electron chi connectivity index (χ4n) is 10.0. The lowest BCUT2D eigenvalue weighted by atomic mass is 9.49. The van der Waals surface area contributed by atoms with Gasteiger partial charge in [0, 0.05) is 37.2 Å². The minimum absolute atomic E-state index is 0.0236. The summed E-state index contributed by atoms with van der Waals surface area (Å²) in [5, 5.41) is 37.0. The van der Waals surface area contributed by atoms with Gasteiger partial charge in [-0.15, -0.1) is 0 Å². The van der Waals surface area contributed by atoms with Crippen molar-refractivity contribution in [2.24, 2.45) is 23.7 Å². The fraction of sp³-hybridized carbons (Fsp3) is 0.302. The summed E-state index contributed by atoms with van der Waals surface area (Å²) in [6, 6.07) is 16.1. The van der Waals surface area contributed by atoms with Crippen molar-refractivity contribution < 1.29 is 48.3 Å². The maximum atomic E-state index is 15.6. The van der Waals surface area contributed by atoms with Crippen molar-refractivity contribution in [1.82, 2.24) is 5.01 Å². The zero-order chi connectivity index (χ0) is 45.4. The second kappa shape index (κ2) is 15.8. The number of halogens is 2. The molecule has 6 atom stereocenters. The predicted molar refractivity (Wildman–Crippen MR) is 228 cm³/mol. The number of nitrogens with one attached hydrogen (secondary N) is 1. The number of nitro groups is 2. The first-order valence-electron chi connectivity index (χ1n) is 19.4. The molecule has 20 heteroatoms. The van der Waals surface area contributed by atoms with Gasteiger partial charge in [0.2, 0.25) is 17.6 Å². The highest BCUT2D eigenvalue weighted by Crippen LogP contribution is 2.65. The molecule has 0 bridgehead atoms. The Morgan fingerprint density at radius 2 is 1.44 bits per heavy atom. The van der Waals surface area contributed by atoms with Crippen LogP contribution in [0.2, 0.25) is 10.0 Å². The molecule has 0 radical (unpaired) electrons. The van der Waals surface area contributed by atoms with Gasteiger partial charge in [-0.25, -0.2) is 4.90 Å². The van der Waals surface area contributed by atoms with Crippen LogP contribution in [0.1, 0.15) is 29.9 Å². The third-order valence-corrected chi connectivity index (χ3v) is 13.1. The van der Waals surface area contributed by atoms with Gasteiger partial charge in [-0.2, -0.15) is 5.01 Å². The molecular formula is C43H38Cl2N6O12. The summed E-state index contributed by atoms with van der Waals surface area (Å²) in [6.07, 6.45) is 1.57. The van der Waals surface area contributed by atoms with Gasteiger partial charge in [-0.3, -0.25) is 44.8 Å². The summed E-state index contributed by atoms with van der Waals surface area (Å²) in [5.74, 6) is -8.35. The number of benzene rings is 4. The van der Waals surface area contributed by atoms with Gasteiger partial charge < -0.3 is 24.2 Å². The number of amides is 4. The molecular weight excluding hydrogens is 863 g/mol. The first kappa shape index (κ1) is 42.8. The van der Waals surface area contributed by atoms with Crippen LogP contribution in [0.25, 0.3) is 0 Å². The van der Waals surface area contributed by atoms with E-state index in [2.05, 4.69) is 5.43 Å². The van der Waals surface area contributed by atoms with Gasteiger partial charge in [-0.05, 0) is 72.4 Å². The Morgan fingerprint density at radius 1 is 0.825 bits per heavy atom. The summed E-state index contributed by atoms with van der Waals surface area (Å²) in [6.45, 7) is 0. The van der Waals surface area contributed by atoms with Gasteiger partial charge in [0.1, 0.15) is 5.75 Å². The Balaban J connectivity index is 1.35. The number of aromatic hydroxyl groups is 1. The number of nitro benzene ring substituents is 2. The summed E-state index contributed by atoms with van der Waals surface area (Å²) < 4.78 is 16.6. The largest absolute Gasteiger partial charge is 0.502 e. The number of phenolic OH excluding ortho intramolecular Hbond substituents is 1.